The molecule has 19 heavy (non-hydrogen) atoms. The van der Waals surface area contributed by atoms with E-state index in [0.717, 1.165) is 25.9 Å². The minimum Gasteiger partial charge on any atom is -0.377 e. The average Bonchev–Trinajstić information content (AvgIpc) is 2.45. The molecule has 0 amide bonds. The van der Waals surface area contributed by atoms with E-state index in [0.29, 0.717) is 6.61 Å². The summed E-state index contributed by atoms with van der Waals surface area (Å²) < 4.78 is 11.6. The van der Waals surface area contributed by atoms with Crippen LogP contribution in [-0.4, -0.2) is 25.4 Å². The number of ether oxygens (including phenoxy) is 2. The third-order valence-electron chi connectivity index (χ3n) is 3.84. The molecule has 0 spiro atoms. The van der Waals surface area contributed by atoms with Gasteiger partial charge in [0.25, 0.3) is 0 Å². The molecule has 0 saturated carbocycles. The first-order chi connectivity index (χ1) is 9.26. The molecule has 1 aromatic rings. The lowest BCUT2D eigenvalue weighted by Gasteiger charge is -2.30. The largest absolute Gasteiger partial charge is 0.377 e. The summed E-state index contributed by atoms with van der Waals surface area (Å²) in [5.74, 6) is 0. The maximum absolute atomic E-state index is 6.30. The zero-order chi connectivity index (χ0) is 13.7. The van der Waals surface area contributed by atoms with Crippen molar-refractivity contribution < 1.29 is 9.47 Å². The maximum Gasteiger partial charge on any atom is 0.0843 e. The fraction of sp³-hybridized carbons (Fsp3) is 0.625. The van der Waals surface area contributed by atoms with Crippen LogP contribution in [0.3, 0.4) is 0 Å². The highest BCUT2D eigenvalue weighted by molar-refractivity contribution is 5.31. The first-order valence-corrected chi connectivity index (χ1v) is 7.32. The van der Waals surface area contributed by atoms with Crippen molar-refractivity contribution in [2.75, 3.05) is 13.2 Å². The van der Waals surface area contributed by atoms with Gasteiger partial charge in [0.2, 0.25) is 0 Å². The smallest absolute Gasteiger partial charge is 0.0843 e. The minimum atomic E-state index is 0.0288. The van der Waals surface area contributed by atoms with E-state index >= 15 is 0 Å². The topological polar surface area (TPSA) is 44.5 Å². The van der Waals surface area contributed by atoms with Crippen molar-refractivity contribution in [3.63, 3.8) is 0 Å². The van der Waals surface area contributed by atoms with E-state index in [1.54, 1.807) is 0 Å². The number of hydrogen-bond donors (Lipinski definition) is 1. The summed E-state index contributed by atoms with van der Waals surface area (Å²) in [5, 5.41) is 0. The standard InChI is InChI=1S/C16H25NO2/c1-3-15(18-4-2)14(17)11-16-13-8-6-5-7-12(13)9-10-19-16/h5-8,14-16H,3-4,9-11,17H2,1-2H3. The quantitative estimate of drug-likeness (QED) is 0.858. The third kappa shape index (κ3) is 3.56. The molecule has 0 bridgehead atoms. The number of benzene rings is 1. The molecule has 1 aliphatic heterocycles. The summed E-state index contributed by atoms with van der Waals surface area (Å²) in [7, 11) is 0. The van der Waals surface area contributed by atoms with Gasteiger partial charge >= 0.3 is 0 Å². The molecule has 3 unspecified atom stereocenters. The molecule has 3 heteroatoms. The van der Waals surface area contributed by atoms with Gasteiger partial charge < -0.3 is 15.2 Å². The van der Waals surface area contributed by atoms with Gasteiger partial charge in [0.15, 0.2) is 0 Å². The molecule has 2 rings (SSSR count). The fourth-order valence-corrected chi connectivity index (χ4v) is 2.83. The zero-order valence-corrected chi connectivity index (χ0v) is 12.0. The van der Waals surface area contributed by atoms with Gasteiger partial charge in [-0.15, -0.1) is 0 Å². The molecule has 0 aliphatic carbocycles. The molecule has 0 saturated heterocycles. The Kier molecular flexibility index (Phi) is 5.37. The van der Waals surface area contributed by atoms with Crippen molar-refractivity contribution in [3.05, 3.63) is 35.4 Å². The Morgan fingerprint density at radius 2 is 2.16 bits per heavy atom. The van der Waals surface area contributed by atoms with E-state index in [-0.39, 0.29) is 18.2 Å². The zero-order valence-electron chi connectivity index (χ0n) is 12.0. The lowest BCUT2D eigenvalue weighted by atomic mass is 9.92. The summed E-state index contributed by atoms with van der Waals surface area (Å²) in [6.07, 6.45) is 3.03. The van der Waals surface area contributed by atoms with Gasteiger partial charge in [-0.05, 0) is 37.3 Å². The normalized spacial score (nSPS) is 21.7. The van der Waals surface area contributed by atoms with Crippen LogP contribution in [0.15, 0.2) is 24.3 Å². The molecule has 0 radical (unpaired) electrons. The molecule has 0 fully saturated rings. The molecular weight excluding hydrogens is 238 g/mol. The van der Waals surface area contributed by atoms with Gasteiger partial charge in [-0.1, -0.05) is 31.2 Å². The second kappa shape index (κ2) is 7.04. The molecule has 3 atom stereocenters. The Morgan fingerprint density at radius 1 is 1.37 bits per heavy atom. The van der Waals surface area contributed by atoms with E-state index < -0.39 is 0 Å². The minimum absolute atomic E-state index is 0.0288. The number of fused-ring (bicyclic) bond motifs is 1. The molecule has 2 N–H and O–H groups in total. The lowest BCUT2D eigenvalue weighted by Crippen LogP contribution is -2.38. The predicted molar refractivity (Wildman–Crippen MR) is 77.1 cm³/mol. The van der Waals surface area contributed by atoms with Crippen LogP contribution in [-0.2, 0) is 15.9 Å². The van der Waals surface area contributed by atoms with Crippen LogP contribution in [0.25, 0.3) is 0 Å². The Balaban J connectivity index is 2.03. The van der Waals surface area contributed by atoms with Crippen molar-refractivity contribution in [2.24, 2.45) is 5.73 Å². The summed E-state index contributed by atoms with van der Waals surface area (Å²) in [5.41, 5.74) is 9.00. The Labute approximate surface area is 116 Å². The van der Waals surface area contributed by atoms with Crippen molar-refractivity contribution in [1.29, 1.82) is 0 Å². The van der Waals surface area contributed by atoms with Gasteiger partial charge in [-0.2, -0.15) is 0 Å². The first-order valence-electron chi connectivity index (χ1n) is 7.32. The van der Waals surface area contributed by atoms with Gasteiger partial charge in [-0.25, -0.2) is 0 Å². The van der Waals surface area contributed by atoms with Crippen LogP contribution in [0.5, 0.6) is 0 Å². The Bertz CT molecular complexity index is 394. The van der Waals surface area contributed by atoms with E-state index in [4.69, 9.17) is 15.2 Å². The average molecular weight is 263 g/mol. The predicted octanol–water partition coefficient (Wildman–Crippen LogP) is 2.83. The summed E-state index contributed by atoms with van der Waals surface area (Å²) in [6.45, 7) is 5.64. The second-order valence-corrected chi connectivity index (χ2v) is 5.11. The first kappa shape index (κ1) is 14.5. The Morgan fingerprint density at radius 3 is 2.89 bits per heavy atom. The highest BCUT2D eigenvalue weighted by Gasteiger charge is 2.26. The van der Waals surface area contributed by atoms with E-state index in [1.165, 1.54) is 11.1 Å². The SMILES string of the molecule is CCOC(CC)C(N)CC1OCCc2ccccc21. The molecule has 106 valence electrons. The second-order valence-electron chi connectivity index (χ2n) is 5.11. The monoisotopic (exact) mass is 263 g/mol. The fourth-order valence-electron chi connectivity index (χ4n) is 2.83. The summed E-state index contributed by atoms with van der Waals surface area (Å²) in [6, 6.07) is 8.55. The molecule has 1 aromatic carbocycles. The van der Waals surface area contributed by atoms with E-state index in [9.17, 15) is 0 Å². The maximum atomic E-state index is 6.30. The number of hydrogen-bond acceptors (Lipinski definition) is 3. The van der Waals surface area contributed by atoms with Crippen molar-refractivity contribution in [1.82, 2.24) is 0 Å². The molecular formula is C16H25NO2. The molecule has 0 aromatic heterocycles. The third-order valence-corrected chi connectivity index (χ3v) is 3.84. The highest BCUT2D eigenvalue weighted by Crippen LogP contribution is 2.31. The molecule has 3 nitrogen and oxygen atoms in total. The van der Waals surface area contributed by atoms with E-state index in [1.807, 2.05) is 6.92 Å². The summed E-state index contributed by atoms with van der Waals surface area (Å²) >= 11 is 0. The van der Waals surface area contributed by atoms with E-state index in [2.05, 4.69) is 31.2 Å². The van der Waals surface area contributed by atoms with Crippen molar-refractivity contribution in [2.45, 2.75) is 51.4 Å². The van der Waals surface area contributed by atoms with Crippen LogP contribution < -0.4 is 5.73 Å². The van der Waals surface area contributed by atoms with Crippen LogP contribution in [0.1, 0.15) is 43.9 Å². The molecule has 1 heterocycles. The van der Waals surface area contributed by atoms with Crippen molar-refractivity contribution >= 4 is 0 Å². The van der Waals surface area contributed by atoms with Crippen LogP contribution in [0.2, 0.25) is 0 Å². The summed E-state index contributed by atoms with van der Waals surface area (Å²) in [4.78, 5) is 0. The molecule has 1 aliphatic rings. The van der Waals surface area contributed by atoms with Gasteiger partial charge in [0.1, 0.15) is 0 Å². The van der Waals surface area contributed by atoms with Gasteiger partial charge in [0, 0.05) is 12.6 Å². The number of nitrogens with two attached hydrogens (primary N) is 1. The van der Waals surface area contributed by atoms with Crippen LogP contribution >= 0.6 is 0 Å². The van der Waals surface area contributed by atoms with Gasteiger partial charge in [0.05, 0.1) is 18.8 Å². The van der Waals surface area contributed by atoms with Crippen molar-refractivity contribution in [3.8, 4) is 0 Å². The van der Waals surface area contributed by atoms with Crippen LogP contribution in [0, 0.1) is 0 Å². The Hall–Kier alpha value is -0.900. The number of rotatable bonds is 6. The van der Waals surface area contributed by atoms with Crippen LogP contribution in [0.4, 0.5) is 0 Å². The highest BCUT2D eigenvalue weighted by atomic mass is 16.5. The lowest BCUT2D eigenvalue weighted by molar-refractivity contribution is -0.00274. The van der Waals surface area contributed by atoms with Gasteiger partial charge in [-0.3, -0.25) is 0 Å².